The van der Waals surface area contributed by atoms with Gasteiger partial charge >= 0.3 is 0 Å². The van der Waals surface area contributed by atoms with Gasteiger partial charge in [0.05, 0.1) is 12.6 Å². The first-order valence-electron chi connectivity index (χ1n) is 5.82. The van der Waals surface area contributed by atoms with E-state index < -0.39 is 0 Å². The van der Waals surface area contributed by atoms with Crippen molar-refractivity contribution in [2.75, 3.05) is 19.5 Å². The van der Waals surface area contributed by atoms with E-state index in [0.29, 0.717) is 5.92 Å². The van der Waals surface area contributed by atoms with Crippen LogP contribution in [0.4, 0.5) is 5.82 Å². The van der Waals surface area contributed by atoms with E-state index >= 15 is 0 Å². The lowest BCUT2D eigenvalue weighted by atomic mass is 10.0. The molecule has 17 heavy (non-hydrogen) atoms. The molecule has 0 spiro atoms. The highest BCUT2D eigenvalue weighted by Gasteiger charge is 2.09. The Morgan fingerprint density at radius 2 is 2.00 bits per heavy atom. The average Bonchev–Trinajstić information content (AvgIpc) is 2.36. The number of aromatic nitrogens is 1. The molecule has 0 fully saturated rings. The van der Waals surface area contributed by atoms with Crippen LogP contribution in [0.25, 0.3) is 10.9 Å². The number of rotatable bonds is 3. The van der Waals surface area contributed by atoms with Crippen molar-refractivity contribution in [3.8, 4) is 5.75 Å². The Morgan fingerprint density at radius 1 is 1.24 bits per heavy atom. The Hall–Kier alpha value is -1.77. The third-order valence-corrected chi connectivity index (χ3v) is 2.91. The molecule has 0 radical (unpaired) electrons. The smallest absolute Gasteiger partial charge is 0.129 e. The minimum absolute atomic E-state index is 0.445. The lowest BCUT2D eigenvalue weighted by molar-refractivity contribution is 0.415. The summed E-state index contributed by atoms with van der Waals surface area (Å²) in [6, 6.07) is 8.12. The molecule has 1 heterocycles. The van der Waals surface area contributed by atoms with Crippen molar-refractivity contribution in [1.82, 2.24) is 4.98 Å². The van der Waals surface area contributed by atoms with Gasteiger partial charge in [-0.3, -0.25) is 0 Å². The number of benzene rings is 1. The molecule has 1 N–H and O–H groups in total. The van der Waals surface area contributed by atoms with Gasteiger partial charge in [0.1, 0.15) is 11.6 Å². The van der Waals surface area contributed by atoms with Crippen molar-refractivity contribution < 1.29 is 4.74 Å². The van der Waals surface area contributed by atoms with Gasteiger partial charge in [-0.1, -0.05) is 13.8 Å². The van der Waals surface area contributed by atoms with Crippen molar-refractivity contribution in [2.45, 2.75) is 19.8 Å². The number of anilines is 1. The quantitative estimate of drug-likeness (QED) is 0.877. The zero-order chi connectivity index (χ0) is 12.4. The van der Waals surface area contributed by atoms with E-state index in [2.05, 4.69) is 30.2 Å². The lowest BCUT2D eigenvalue weighted by Gasteiger charge is -2.13. The fraction of sp³-hybridized carbons (Fsp3) is 0.357. The molecule has 3 nitrogen and oxygen atoms in total. The fourth-order valence-electron chi connectivity index (χ4n) is 1.94. The van der Waals surface area contributed by atoms with Gasteiger partial charge in [0.15, 0.2) is 0 Å². The predicted molar refractivity (Wildman–Crippen MR) is 71.9 cm³/mol. The summed E-state index contributed by atoms with van der Waals surface area (Å²) in [6.45, 7) is 4.34. The Morgan fingerprint density at radius 3 is 2.59 bits per heavy atom. The largest absolute Gasteiger partial charge is 0.497 e. The van der Waals surface area contributed by atoms with E-state index in [-0.39, 0.29) is 0 Å². The Labute approximate surface area is 102 Å². The molecule has 2 aromatic rings. The number of fused-ring (bicyclic) bond motifs is 1. The molecule has 1 aromatic heterocycles. The SMILES string of the molecule is CNc1nc2ccc(OC)cc2cc1C(C)C. The summed E-state index contributed by atoms with van der Waals surface area (Å²) in [5.41, 5.74) is 2.22. The Balaban J connectivity index is 2.65. The molecule has 0 amide bonds. The minimum Gasteiger partial charge on any atom is -0.497 e. The standard InChI is InChI=1S/C14H18N2O/c1-9(2)12-8-10-7-11(17-4)5-6-13(10)16-14(12)15-3/h5-9H,1-4H3,(H,15,16). The van der Waals surface area contributed by atoms with Crippen LogP contribution in [0.1, 0.15) is 25.3 Å². The summed E-state index contributed by atoms with van der Waals surface area (Å²) < 4.78 is 5.24. The second kappa shape index (κ2) is 4.62. The van der Waals surface area contributed by atoms with Gasteiger partial charge in [-0.2, -0.15) is 0 Å². The molecular weight excluding hydrogens is 212 g/mol. The third-order valence-electron chi connectivity index (χ3n) is 2.91. The Bertz CT molecular complexity index is 535. The zero-order valence-corrected chi connectivity index (χ0v) is 10.7. The molecular formula is C14H18N2O. The van der Waals surface area contributed by atoms with Crippen molar-refractivity contribution in [3.05, 3.63) is 29.8 Å². The highest BCUT2D eigenvalue weighted by atomic mass is 16.5. The van der Waals surface area contributed by atoms with E-state index in [0.717, 1.165) is 22.5 Å². The van der Waals surface area contributed by atoms with E-state index in [1.165, 1.54) is 5.56 Å². The topological polar surface area (TPSA) is 34.2 Å². The van der Waals surface area contributed by atoms with Crippen molar-refractivity contribution in [3.63, 3.8) is 0 Å². The molecule has 0 saturated heterocycles. The molecule has 0 bridgehead atoms. The molecule has 0 atom stereocenters. The summed E-state index contributed by atoms with van der Waals surface area (Å²) in [5, 5.41) is 4.27. The number of methoxy groups -OCH3 is 1. The molecule has 0 aliphatic rings. The predicted octanol–water partition coefficient (Wildman–Crippen LogP) is 3.41. The van der Waals surface area contributed by atoms with Crippen LogP contribution in [-0.2, 0) is 0 Å². The fourth-order valence-corrected chi connectivity index (χ4v) is 1.94. The molecule has 1 aromatic carbocycles. The molecule has 90 valence electrons. The monoisotopic (exact) mass is 230 g/mol. The summed E-state index contributed by atoms with van der Waals surface area (Å²) in [5.74, 6) is 2.27. The first kappa shape index (κ1) is 11.7. The van der Waals surface area contributed by atoms with Crippen LogP contribution in [0.5, 0.6) is 5.75 Å². The molecule has 2 rings (SSSR count). The zero-order valence-electron chi connectivity index (χ0n) is 10.7. The second-order valence-electron chi connectivity index (χ2n) is 4.39. The van der Waals surface area contributed by atoms with Crippen LogP contribution in [0, 0.1) is 0 Å². The highest BCUT2D eigenvalue weighted by molar-refractivity contribution is 5.83. The summed E-state index contributed by atoms with van der Waals surface area (Å²) in [6.07, 6.45) is 0. The van der Waals surface area contributed by atoms with Crippen molar-refractivity contribution in [1.29, 1.82) is 0 Å². The maximum Gasteiger partial charge on any atom is 0.129 e. The molecule has 0 unspecified atom stereocenters. The highest BCUT2D eigenvalue weighted by Crippen LogP contribution is 2.28. The number of ether oxygens (including phenoxy) is 1. The summed E-state index contributed by atoms with van der Waals surface area (Å²) in [7, 11) is 3.59. The first-order chi connectivity index (χ1) is 8.15. The maximum absolute atomic E-state index is 5.24. The molecule has 3 heteroatoms. The van der Waals surface area contributed by atoms with Crippen LogP contribution < -0.4 is 10.1 Å². The average molecular weight is 230 g/mol. The number of hydrogen-bond acceptors (Lipinski definition) is 3. The van der Waals surface area contributed by atoms with Crippen LogP contribution in [0.3, 0.4) is 0 Å². The van der Waals surface area contributed by atoms with Crippen molar-refractivity contribution >= 4 is 16.7 Å². The van der Waals surface area contributed by atoms with Gasteiger partial charge in [-0.25, -0.2) is 4.98 Å². The van der Waals surface area contributed by atoms with Crippen molar-refractivity contribution in [2.24, 2.45) is 0 Å². The normalized spacial score (nSPS) is 10.9. The summed E-state index contributed by atoms with van der Waals surface area (Å²) >= 11 is 0. The molecule has 0 aliphatic heterocycles. The van der Waals surface area contributed by atoms with Gasteiger partial charge in [0, 0.05) is 12.4 Å². The van der Waals surface area contributed by atoms with Gasteiger partial charge in [0.2, 0.25) is 0 Å². The van der Waals surface area contributed by atoms with E-state index in [9.17, 15) is 0 Å². The number of nitrogens with one attached hydrogen (secondary N) is 1. The number of nitrogens with zero attached hydrogens (tertiary/aromatic N) is 1. The third kappa shape index (κ3) is 2.18. The molecule has 0 aliphatic carbocycles. The second-order valence-corrected chi connectivity index (χ2v) is 4.39. The maximum atomic E-state index is 5.24. The van der Waals surface area contributed by atoms with Crippen LogP contribution >= 0.6 is 0 Å². The Kier molecular flexibility index (Phi) is 3.18. The van der Waals surface area contributed by atoms with Crippen LogP contribution in [0.15, 0.2) is 24.3 Å². The summed E-state index contributed by atoms with van der Waals surface area (Å²) in [4.78, 5) is 4.62. The van der Waals surface area contributed by atoms with Gasteiger partial charge in [-0.05, 0) is 35.7 Å². The lowest BCUT2D eigenvalue weighted by Crippen LogP contribution is -2.00. The number of hydrogen-bond donors (Lipinski definition) is 1. The van der Waals surface area contributed by atoms with Crippen LogP contribution in [0.2, 0.25) is 0 Å². The van der Waals surface area contributed by atoms with E-state index in [1.807, 2.05) is 25.2 Å². The molecule has 0 saturated carbocycles. The van der Waals surface area contributed by atoms with E-state index in [4.69, 9.17) is 4.74 Å². The first-order valence-corrected chi connectivity index (χ1v) is 5.82. The van der Waals surface area contributed by atoms with Crippen LogP contribution in [-0.4, -0.2) is 19.1 Å². The van der Waals surface area contributed by atoms with Gasteiger partial charge < -0.3 is 10.1 Å². The van der Waals surface area contributed by atoms with Gasteiger partial charge in [0.25, 0.3) is 0 Å². The number of pyridine rings is 1. The minimum atomic E-state index is 0.445. The van der Waals surface area contributed by atoms with E-state index in [1.54, 1.807) is 7.11 Å². The van der Waals surface area contributed by atoms with Gasteiger partial charge in [-0.15, -0.1) is 0 Å².